The number of hydrogen-bond donors (Lipinski definition) is 2. The number of halogens is 1. The Morgan fingerprint density at radius 3 is 2.84 bits per heavy atom. The molecule has 0 bridgehead atoms. The summed E-state index contributed by atoms with van der Waals surface area (Å²) in [5.74, 6) is 1.50. The van der Waals surface area contributed by atoms with Gasteiger partial charge in [0, 0.05) is 50.2 Å². The lowest BCUT2D eigenvalue weighted by Crippen LogP contribution is -2.55. The van der Waals surface area contributed by atoms with Gasteiger partial charge in [-0.3, -0.25) is 9.89 Å². The Morgan fingerprint density at radius 1 is 1.36 bits per heavy atom. The SMILES string of the molecule is CCNC(=NCC(C)Cc1cccs1)NCC1CN(C)CCN1C.I. The van der Waals surface area contributed by atoms with E-state index in [2.05, 4.69) is 65.9 Å². The molecule has 0 saturated carbocycles. The van der Waals surface area contributed by atoms with Crippen molar-refractivity contribution in [1.29, 1.82) is 0 Å². The molecule has 2 atom stereocenters. The molecule has 2 heterocycles. The second kappa shape index (κ2) is 12.1. The second-order valence-electron chi connectivity index (χ2n) is 6.89. The van der Waals surface area contributed by atoms with E-state index in [-0.39, 0.29) is 24.0 Å². The molecule has 1 aromatic heterocycles. The molecule has 2 unspecified atom stereocenters. The summed E-state index contributed by atoms with van der Waals surface area (Å²) >= 11 is 1.84. The Balaban J connectivity index is 0.00000312. The van der Waals surface area contributed by atoms with E-state index in [1.54, 1.807) is 0 Å². The zero-order valence-electron chi connectivity index (χ0n) is 16.0. The molecule has 1 saturated heterocycles. The van der Waals surface area contributed by atoms with Crippen LogP contribution in [0.15, 0.2) is 22.5 Å². The Kier molecular flexibility index (Phi) is 11.0. The van der Waals surface area contributed by atoms with Gasteiger partial charge in [0.15, 0.2) is 5.96 Å². The van der Waals surface area contributed by atoms with Crippen LogP contribution >= 0.6 is 35.3 Å². The first kappa shape index (κ1) is 22.7. The van der Waals surface area contributed by atoms with Crippen molar-refractivity contribution in [2.75, 3.05) is 53.4 Å². The highest BCUT2D eigenvalue weighted by atomic mass is 127. The van der Waals surface area contributed by atoms with Crippen LogP contribution in [0.4, 0.5) is 0 Å². The van der Waals surface area contributed by atoms with E-state index in [1.807, 2.05) is 11.3 Å². The van der Waals surface area contributed by atoms with Gasteiger partial charge in [-0.2, -0.15) is 0 Å². The van der Waals surface area contributed by atoms with Crippen LogP contribution < -0.4 is 10.6 Å². The quantitative estimate of drug-likeness (QED) is 0.358. The van der Waals surface area contributed by atoms with Gasteiger partial charge in [-0.05, 0) is 44.8 Å². The van der Waals surface area contributed by atoms with Gasteiger partial charge in [-0.25, -0.2) is 0 Å². The number of guanidine groups is 1. The molecule has 7 heteroatoms. The molecule has 1 aliphatic rings. The predicted octanol–water partition coefficient (Wildman–Crippen LogP) is 2.35. The van der Waals surface area contributed by atoms with Crippen LogP contribution in [0.2, 0.25) is 0 Å². The van der Waals surface area contributed by atoms with Gasteiger partial charge < -0.3 is 15.5 Å². The number of nitrogens with one attached hydrogen (secondary N) is 2. The van der Waals surface area contributed by atoms with Crippen LogP contribution in [-0.4, -0.2) is 75.2 Å². The van der Waals surface area contributed by atoms with Crippen molar-refractivity contribution in [3.05, 3.63) is 22.4 Å². The van der Waals surface area contributed by atoms with Crippen LogP contribution in [0.3, 0.4) is 0 Å². The third-order valence-corrected chi connectivity index (χ3v) is 5.42. The van der Waals surface area contributed by atoms with Crippen molar-refractivity contribution in [3.8, 4) is 0 Å². The number of likely N-dealkylation sites (N-methyl/N-ethyl adjacent to an activating group) is 2. The van der Waals surface area contributed by atoms with E-state index >= 15 is 0 Å². The van der Waals surface area contributed by atoms with Crippen LogP contribution in [0.5, 0.6) is 0 Å². The zero-order valence-corrected chi connectivity index (χ0v) is 19.1. The molecule has 144 valence electrons. The fraction of sp³-hybridized carbons (Fsp3) is 0.722. The molecule has 2 rings (SSSR count). The minimum absolute atomic E-state index is 0. The van der Waals surface area contributed by atoms with Gasteiger partial charge in [-0.1, -0.05) is 13.0 Å². The van der Waals surface area contributed by atoms with Crippen molar-refractivity contribution < 1.29 is 0 Å². The molecule has 25 heavy (non-hydrogen) atoms. The Hall–Kier alpha value is -0.380. The maximum absolute atomic E-state index is 4.79. The molecule has 0 amide bonds. The minimum Gasteiger partial charge on any atom is -0.357 e. The standard InChI is InChI=1S/C18H33N5S.HI/c1-5-19-18(20-12-15(2)11-17-7-6-10-24-17)21-13-16-14-22(3)8-9-23(16)4;/h6-7,10,15-16H,5,8-9,11-14H2,1-4H3,(H2,19,20,21);1H. The van der Waals surface area contributed by atoms with Crippen LogP contribution in [0, 0.1) is 5.92 Å². The summed E-state index contributed by atoms with van der Waals surface area (Å²) in [6.45, 7) is 10.5. The summed E-state index contributed by atoms with van der Waals surface area (Å²) in [6.07, 6.45) is 1.11. The first-order valence-corrected chi connectivity index (χ1v) is 9.89. The minimum atomic E-state index is 0. The number of aliphatic imine (C=N–C) groups is 1. The summed E-state index contributed by atoms with van der Waals surface area (Å²) in [5.41, 5.74) is 0. The molecule has 0 spiro atoms. The monoisotopic (exact) mass is 479 g/mol. The summed E-state index contributed by atoms with van der Waals surface area (Å²) in [6, 6.07) is 4.87. The van der Waals surface area contributed by atoms with Gasteiger partial charge in [0.25, 0.3) is 0 Å². The van der Waals surface area contributed by atoms with E-state index in [0.29, 0.717) is 12.0 Å². The lowest BCUT2D eigenvalue weighted by atomic mass is 10.1. The van der Waals surface area contributed by atoms with E-state index in [0.717, 1.165) is 51.6 Å². The summed E-state index contributed by atoms with van der Waals surface area (Å²) in [5, 5.41) is 9.05. The fourth-order valence-corrected chi connectivity index (χ4v) is 3.83. The predicted molar refractivity (Wildman–Crippen MR) is 120 cm³/mol. The molecule has 2 N–H and O–H groups in total. The second-order valence-corrected chi connectivity index (χ2v) is 7.92. The summed E-state index contributed by atoms with van der Waals surface area (Å²) < 4.78 is 0. The van der Waals surface area contributed by atoms with Crippen LogP contribution in [0.1, 0.15) is 18.7 Å². The van der Waals surface area contributed by atoms with E-state index < -0.39 is 0 Å². The molecule has 1 aromatic rings. The van der Waals surface area contributed by atoms with Gasteiger partial charge >= 0.3 is 0 Å². The van der Waals surface area contributed by atoms with Crippen molar-refractivity contribution in [1.82, 2.24) is 20.4 Å². The first-order chi connectivity index (χ1) is 11.6. The number of thiophene rings is 1. The molecule has 1 aliphatic heterocycles. The Labute approximate surface area is 174 Å². The summed E-state index contributed by atoms with van der Waals surface area (Å²) in [7, 11) is 4.41. The first-order valence-electron chi connectivity index (χ1n) is 9.01. The number of piperazine rings is 1. The molecule has 0 radical (unpaired) electrons. The average molecular weight is 479 g/mol. The molecule has 0 aliphatic carbocycles. The fourth-order valence-electron chi connectivity index (χ4n) is 2.96. The lowest BCUT2D eigenvalue weighted by Gasteiger charge is -2.37. The molecular weight excluding hydrogens is 445 g/mol. The molecule has 0 aromatic carbocycles. The third kappa shape index (κ3) is 8.23. The lowest BCUT2D eigenvalue weighted by molar-refractivity contribution is 0.116. The van der Waals surface area contributed by atoms with Crippen molar-refractivity contribution in [2.24, 2.45) is 10.9 Å². The van der Waals surface area contributed by atoms with Gasteiger partial charge in [0.2, 0.25) is 0 Å². The highest BCUT2D eigenvalue weighted by Gasteiger charge is 2.22. The average Bonchev–Trinajstić information content (AvgIpc) is 3.06. The molecule has 5 nitrogen and oxygen atoms in total. The normalized spacial score (nSPS) is 20.8. The molecular formula is C18H34IN5S. The molecule has 1 fully saturated rings. The zero-order chi connectivity index (χ0) is 17.4. The third-order valence-electron chi connectivity index (χ3n) is 4.52. The van der Waals surface area contributed by atoms with Gasteiger partial charge in [0.05, 0.1) is 0 Å². The van der Waals surface area contributed by atoms with Gasteiger partial charge in [-0.15, -0.1) is 35.3 Å². The van der Waals surface area contributed by atoms with E-state index in [1.165, 1.54) is 4.88 Å². The van der Waals surface area contributed by atoms with Crippen molar-refractivity contribution in [2.45, 2.75) is 26.3 Å². The number of rotatable bonds is 7. The summed E-state index contributed by atoms with van der Waals surface area (Å²) in [4.78, 5) is 11.1. The topological polar surface area (TPSA) is 42.9 Å². The maximum Gasteiger partial charge on any atom is 0.191 e. The van der Waals surface area contributed by atoms with E-state index in [9.17, 15) is 0 Å². The Morgan fingerprint density at radius 2 is 2.16 bits per heavy atom. The highest BCUT2D eigenvalue weighted by molar-refractivity contribution is 14.0. The largest absolute Gasteiger partial charge is 0.357 e. The number of nitrogens with zero attached hydrogens (tertiary/aromatic N) is 3. The van der Waals surface area contributed by atoms with Crippen LogP contribution in [-0.2, 0) is 6.42 Å². The van der Waals surface area contributed by atoms with Gasteiger partial charge in [0.1, 0.15) is 0 Å². The Bertz CT molecular complexity index is 494. The van der Waals surface area contributed by atoms with E-state index in [4.69, 9.17) is 4.99 Å². The van der Waals surface area contributed by atoms with Crippen LogP contribution in [0.25, 0.3) is 0 Å². The number of hydrogen-bond acceptors (Lipinski definition) is 4. The van der Waals surface area contributed by atoms with Crippen molar-refractivity contribution >= 4 is 41.3 Å². The smallest absolute Gasteiger partial charge is 0.191 e. The maximum atomic E-state index is 4.79. The highest BCUT2D eigenvalue weighted by Crippen LogP contribution is 2.14. The van der Waals surface area contributed by atoms with Crippen molar-refractivity contribution in [3.63, 3.8) is 0 Å².